The van der Waals surface area contributed by atoms with E-state index in [1.54, 1.807) is 12.1 Å². The van der Waals surface area contributed by atoms with Gasteiger partial charge in [-0.15, -0.1) is 0 Å². The molecule has 1 unspecified atom stereocenters. The Balaban J connectivity index is 1.77. The maximum Gasteiger partial charge on any atom is 0.308 e. The number of hydrogen-bond donors (Lipinski definition) is 0. The van der Waals surface area contributed by atoms with E-state index in [1.807, 2.05) is 12.1 Å². The van der Waals surface area contributed by atoms with E-state index in [1.165, 1.54) is 16.7 Å². The summed E-state index contributed by atoms with van der Waals surface area (Å²) in [6, 6.07) is 13.8. The van der Waals surface area contributed by atoms with Crippen LogP contribution in [0.2, 0.25) is 10.0 Å². The Kier molecular flexibility index (Phi) is 4.81. The molecule has 130 valence electrons. The smallest absolute Gasteiger partial charge is 0.308 e. The molecule has 2 aromatic carbocycles. The average Bonchev–Trinajstić information content (AvgIpc) is 2.68. The first-order chi connectivity index (χ1) is 12.6. The van der Waals surface area contributed by atoms with Gasteiger partial charge in [-0.25, -0.2) is 0 Å². The first-order valence-corrected chi connectivity index (χ1v) is 9.78. The van der Waals surface area contributed by atoms with Crippen molar-refractivity contribution in [3.8, 4) is 0 Å². The summed E-state index contributed by atoms with van der Waals surface area (Å²) in [5.74, 6) is -0.114. The van der Waals surface area contributed by atoms with Gasteiger partial charge in [-0.1, -0.05) is 71.3 Å². The lowest BCUT2D eigenvalue weighted by atomic mass is 9.72. The zero-order valence-corrected chi connectivity index (χ0v) is 16.3. The highest BCUT2D eigenvalue weighted by Gasteiger charge is 2.39. The second-order valence-corrected chi connectivity index (χ2v) is 7.96. The Labute approximate surface area is 168 Å². The number of allylic oxidation sites excluding steroid dienone is 2. The van der Waals surface area contributed by atoms with Crippen LogP contribution in [0.15, 0.2) is 48.0 Å². The highest BCUT2D eigenvalue weighted by molar-refractivity contribution is 7.81. The van der Waals surface area contributed by atoms with Crippen LogP contribution < -0.4 is 0 Å². The molecule has 0 saturated carbocycles. The molecule has 2 aliphatic rings. The highest BCUT2D eigenvalue weighted by Crippen LogP contribution is 2.41. The van der Waals surface area contributed by atoms with E-state index in [2.05, 4.69) is 23.0 Å². The number of rotatable bonds is 2. The highest BCUT2D eigenvalue weighted by atomic mass is 35.5. The molecule has 2 aliphatic carbocycles. The van der Waals surface area contributed by atoms with Gasteiger partial charge >= 0.3 is 5.71 Å². The molecule has 0 aliphatic heterocycles. The number of hydrogen-bond acceptors (Lipinski definition) is 1. The zero-order chi connectivity index (χ0) is 18.3. The predicted octanol–water partition coefficient (Wildman–Crippen LogP) is 6.19. The summed E-state index contributed by atoms with van der Waals surface area (Å²) in [6.07, 6.45) is 3.86. The Morgan fingerprint density at radius 1 is 1.04 bits per heavy atom. The van der Waals surface area contributed by atoms with Crippen LogP contribution in [-0.2, 0) is 6.42 Å². The van der Waals surface area contributed by atoms with Gasteiger partial charge in [0.2, 0.25) is 0 Å². The van der Waals surface area contributed by atoms with Gasteiger partial charge in [-0.2, -0.15) is 4.79 Å². The van der Waals surface area contributed by atoms with Gasteiger partial charge in [0.05, 0.1) is 21.5 Å². The molecular formula is C21H16Cl2N2S. The minimum Gasteiger partial charge on any atom is -0.361 e. The van der Waals surface area contributed by atoms with Crippen LogP contribution in [-0.4, -0.2) is 15.4 Å². The van der Waals surface area contributed by atoms with E-state index in [0.29, 0.717) is 15.8 Å². The maximum absolute atomic E-state index is 9.87. The van der Waals surface area contributed by atoms with Crippen molar-refractivity contribution in [1.82, 2.24) is 0 Å². The summed E-state index contributed by atoms with van der Waals surface area (Å²) in [7, 11) is 0. The number of nitrogens with zero attached hydrogens (tertiary/aromatic N) is 2. The number of aryl methyl sites for hydroxylation is 1. The Morgan fingerprint density at radius 2 is 1.85 bits per heavy atom. The Bertz CT molecular complexity index is 1000. The molecule has 1 atom stereocenters. The molecule has 0 N–H and O–H groups in total. The second kappa shape index (κ2) is 7.09. The van der Waals surface area contributed by atoms with Crippen LogP contribution in [0.4, 0.5) is 0 Å². The molecule has 0 saturated heterocycles. The molecule has 0 radical (unpaired) electrons. The van der Waals surface area contributed by atoms with Gasteiger partial charge < -0.3 is 5.53 Å². The molecule has 0 aromatic heterocycles. The van der Waals surface area contributed by atoms with E-state index >= 15 is 0 Å². The molecule has 0 bridgehead atoms. The van der Waals surface area contributed by atoms with Crippen LogP contribution in [0.3, 0.4) is 0 Å². The van der Waals surface area contributed by atoms with Crippen LogP contribution >= 0.6 is 35.4 Å². The van der Waals surface area contributed by atoms with E-state index in [4.69, 9.17) is 35.4 Å². The van der Waals surface area contributed by atoms with Crippen molar-refractivity contribution >= 4 is 51.6 Å². The molecule has 0 fully saturated rings. The minimum absolute atomic E-state index is 0.114. The van der Waals surface area contributed by atoms with Gasteiger partial charge in [0, 0.05) is 4.86 Å². The normalized spacial score (nSPS) is 18.8. The first-order valence-electron chi connectivity index (χ1n) is 8.62. The lowest BCUT2D eigenvalue weighted by molar-refractivity contribution is -0.00809. The van der Waals surface area contributed by atoms with Crippen LogP contribution in [0.1, 0.15) is 36.0 Å². The summed E-state index contributed by atoms with van der Waals surface area (Å²) >= 11 is 18.0. The standard InChI is InChI=1S/C21H16Cl2N2S/c22-17-10-8-14(11-18(17)23)21(26)16-9-7-13-6-5-12-3-1-2-4-15(12)19(13)20(16)25-24/h1-4,8,10-11,16H,5-7,9H2. The maximum atomic E-state index is 9.87. The summed E-state index contributed by atoms with van der Waals surface area (Å²) in [5.41, 5.74) is 16.3. The first kappa shape index (κ1) is 17.6. The van der Waals surface area contributed by atoms with Crippen molar-refractivity contribution in [2.24, 2.45) is 5.92 Å². The fourth-order valence-electron chi connectivity index (χ4n) is 4.01. The number of thiocarbonyl (C=S) groups is 1. The summed E-state index contributed by atoms with van der Waals surface area (Å²) in [6.45, 7) is 0. The molecule has 2 nitrogen and oxygen atoms in total. The molecule has 4 rings (SSSR count). The second-order valence-electron chi connectivity index (χ2n) is 6.71. The number of benzene rings is 2. The summed E-state index contributed by atoms with van der Waals surface area (Å²) in [5, 5.41) is 0.983. The molecule has 0 spiro atoms. The molecule has 0 amide bonds. The van der Waals surface area contributed by atoms with Crippen molar-refractivity contribution in [3.05, 3.63) is 80.3 Å². The third kappa shape index (κ3) is 2.95. The third-order valence-corrected chi connectivity index (χ3v) is 6.54. The Hall–Kier alpha value is -1.77. The molecule has 26 heavy (non-hydrogen) atoms. The van der Waals surface area contributed by atoms with Gasteiger partial charge in [-0.05, 0) is 54.5 Å². The topological polar surface area (TPSA) is 36.4 Å². The van der Waals surface area contributed by atoms with E-state index in [-0.39, 0.29) is 5.92 Å². The lowest BCUT2D eigenvalue weighted by Crippen LogP contribution is -2.31. The molecule has 2 aromatic rings. The van der Waals surface area contributed by atoms with Crippen molar-refractivity contribution in [2.45, 2.75) is 25.7 Å². The van der Waals surface area contributed by atoms with Gasteiger partial charge in [0.15, 0.2) is 0 Å². The number of halogens is 2. The monoisotopic (exact) mass is 398 g/mol. The summed E-state index contributed by atoms with van der Waals surface area (Å²) in [4.78, 5) is 4.45. The largest absolute Gasteiger partial charge is 0.361 e. The number of fused-ring (bicyclic) bond motifs is 2. The average molecular weight is 399 g/mol. The quantitative estimate of drug-likeness (QED) is 0.257. The van der Waals surface area contributed by atoms with Gasteiger partial charge in [0.25, 0.3) is 0 Å². The minimum atomic E-state index is -0.114. The predicted molar refractivity (Wildman–Crippen MR) is 111 cm³/mol. The van der Waals surface area contributed by atoms with E-state index in [0.717, 1.165) is 41.7 Å². The van der Waals surface area contributed by atoms with Crippen molar-refractivity contribution in [3.63, 3.8) is 0 Å². The Morgan fingerprint density at radius 3 is 2.62 bits per heavy atom. The van der Waals surface area contributed by atoms with Crippen LogP contribution in [0.5, 0.6) is 0 Å². The van der Waals surface area contributed by atoms with Gasteiger partial charge in [-0.3, -0.25) is 0 Å². The van der Waals surface area contributed by atoms with Crippen LogP contribution in [0.25, 0.3) is 11.1 Å². The lowest BCUT2D eigenvalue weighted by Gasteiger charge is -2.28. The fraction of sp³-hybridized carbons (Fsp3) is 0.238. The van der Waals surface area contributed by atoms with Gasteiger partial charge in [0.1, 0.15) is 0 Å². The summed E-state index contributed by atoms with van der Waals surface area (Å²) < 4.78 is 0. The van der Waals surface area contributed by atoms with Crippen LogP contribution in [0, 0.1) is 5.92 Å². The van der Waals surface area contributed by atoms with Crippen molar-refractivity contribution in [2.75, 3.05) is 0 Å². The van der Waals surface area contributed by atoms with Crippen molar-refractivity contribution < 1.29 is 4.79 Å². The van der Waals surface area contributed by atoms with Crippen molar-refractivity contribution in [1.29, 1.82) is 0 Å². The fourth-order valence-corrected chi connectivity index (χ4v) is 4.66. The third-order valence-electron chi connectivity index (χ3n) is 5.29. The molecule has 5 heteroatoms. The zero-order valence-electron chi connectivity index (χ0n) is 14.0. The van der Waals surface area contributed by atoms with E-state index in [9.17, 15) is 5.53 Å². The molecule has 0 heterocycles. The molecular weight excluding hydrogens is 383 g/mol. The van der Waals surface area contributed by atoms with E-state index < -0.39 is 0 Å². The SMILES string of the molecule is [N-]=[N+]=C1C2=C(CCc3ccccc32)CCC1C(=S)c1ccc(Cl)c(Cl)c1.